The second kappa shape index (κ2) is 10.3. The van der Waals surface area contributed by atoms with Crippen LogP contribution in [-0.2, 0) is 4.79 Å². The van der Waals surface area contributed by atoms with Gasteiger partial charge in [0.15, 0.2) is 0 Å². The highest BCUT2D eigenvalue weighted by Gasteiger charge is 2.23. The van der Waals surface area contributed by atoms with Gasteiger partial charge in [-0.1, -0.05) is 24.3 Å². The molecular weight excluding hydrogens is 394 g/mol. The van der Waals surface area contributed by atoms with E-state index in [2.05, 4.69) is 30.8 Å². The minimum absolute atomic E-state index is 0.269. The Balaban J connectivity index is 1.79. The number of ether oxygens (including phenoxy) is 1. The molecule has 0 saturated heterocycles. The summed E-state index contributed by atoms with van der Waals surface area (Å²) < 4.78 is 5.71. The first-order valence-corrected chi connectivity index (χ1v) is 9.87. The number of benzene rings is 1. The summed E-state index contributed by atoms with van der Waals surface area (Å²) in [7, 11) is 3.98. The molecule has 1 aromatic heterocycles. The maximum atomic E-state index is 12.1. The lowest BCUT2D eigenvalue weighted by atomic mass is 10.1. The maximum Gasteiger partial charge on any atom is 0.254 e. The van der Waals surface area contributed by atoms with Crippen molar-refractivity contribution in [1.29, 1.82) is 0 Å². The van der Waals surface area contributed by atoms with Gasteiger partial charge in [0, 0.05) is 19.2 Å². The van der Waals surface area contributed by atoms with Crippen molar-refractivity contribution in [3.05, 3.63) is 71.8 Å². The average Bonchev–Trinajstić information content (AvgIpc) is 2.75. The Morgan fingerprint density at radius 2 is 2.00 bits per heavy atom. The minimum Gasteiger partial charge on any atom is -0.439 e. The number of likely N-dealkylation sites (N-methyl/N-ethyl adjacent to an activating group) is 1. The first-order chi connectivity index (χ1) is 15.0. The van der Waals surface area contributed by atoms with Gasteiger partial charge in [-0.15, -0.1) is 0 Å². The van der Waals surface area contributed by atoms with Crippen molar-refractivity contribution in [2.24, 2.45) is 10.7 Å². The van der Waals surface area contributed by atoms with Gasteiger partial charge in [-0.25, -0.2) is 4.98 Å². The Kier molecular flexibility index (Phi) is 7.23. The molecule has 5 N–H and O–H groups in total. The average molecular weight is 422 g/mol. The van der Waals surface area contributed by atoms with Gasteiger partial charge in [0.25, 0.3) is 5.91 Å². The molecule has 1 aromatic carbocycles. The van der Waals surface area contributed by atoms with E-state index in [4.69, 9.17) is 10.5 Å². The number of amides is 1. The van der Waals surface area contributed by atoms with Gasteiger partial charge in [-0.05, 0) is 39.2 Å². The Hall–Kier alpha value is -3.85. The third-order valence-electron chi connectivity index (χ3n) is 4.33. The largest absolute Gasteiger partial charge is 0.439 e. The van der Waals surface area contributed by atoms with Crippen LogP contribution in [0.1, 0.15) is 6.92 Å². The van der Waals surface area contributed by atoms with E-state index in [-0.39, 0.29) is 5.57 Å². The topological polar surface area (TPSA) is 117 Å². The number of primary amides is 1. The molecule has 1 aliphatic heterocycles. The van der Waals surface area contributed by atoms with Gasteiger partial charge < -0.3 is 31.3 Å². The van der Waals surface area contributed by atoms with Crippen LogP contribution in [0.2, 0.25) is 0 Å². The zero-order chi connectivity index (χ0) is 22.2. The fourth-order valence-electron chi connectivity index (χ4n) is 2.81. The normalized spacial score (nSPS) is 14.8. The van der Waals surface area contributed by atoms with E-state index < -0.39 is 5.91 Å². The molecule has 3 rings (SSSR count). The number of nitrogens with one attached hydrogen (secondary N) is 3. The summed E-state index contributed by atoms with van der Waals surface area (Å²) >= 11 is 0. The number of hydrogen-bond acceptors (Lipinski definition) is 8. The minimum atomic E-state index is -0.587. The number of nitrogens with two attached hydrogens (primary N) is 1. The van der Waals surface area contributed by atoms with Crippen LogP contribution >= 0.6 is 0 Å². The van der Waals surface area contributed by atoms with Gasteiger partial charge >= 0.3 is 0 Å². The van der Waals surface area contributed by atoms with E-state index in [0.717, 1.165) is 6.54 Å². The Morgan fingerprint density at radius 3 is 2.61 bits per heavy atom. The van der Waals surface area contributed by atoms with Crippen LogP contribution in [0.15, 0.2) is 76.8 Å². The lowest BCUT2D eigenvalue weighted by Gasteiger charge is -2.23. The SMILES string of the molecule is CC=C1NC(NCCN(C)C)=NC(Nc2ccc(Oc3ccccc3)nc2)=C1C(N)=O. The molecule has 0 aliphatic carbocycles. The van der Waals surface area contributed by atoms with E-state index in [0.29, 0.717) is 41.3 Å². The molecule has 0 saturated carbocycles. The molecule has 31 heavy (non-hydrogen) atoms. The van der Waals surface area contributed by atoms with Gasteiger partial charge in [-0.2, -0.15) is 4.99 Å². The number of nitrogens with zero attached hydrogens (tertiary/aromatic N) is 3. The maximum absolute atomic E-state index is 12.1. The third kappa shape index (κ3) is 6.06. The van der Waals surface area contributed by atoms with E-state index in [1.807, 2.05) is 51.4 Å². The van der Waals surface area contributed by atoms with Gasteiger partial charge in [0.05, 0.1) is 17.6 Å². The highest BCUT2D eigenvalue weighted by atomic mass is 16.5. The molecule has 162 valence electrons. The standard InChI is InChI=1S/C22H27N7O2/c1-4-17-19(20(23)30)21(28-22(27-17)24-12-13-29(2)3)26-15-10-11-18(25-14-15)31-16-8-6-5-7-9-16/h4-11,14,26H,12-13H2,1-3H3,(H2,23,30)(H2,24,27,28). The summed E-state index contributed by atoms with van der Waals surface area (Å²) in [5, 5.41) is 9.47. The lowest BCUT2D eigenvalue weighted by molar-refractivity contribution is -0.114. The first-order valence-electron chi connectivity index (χ1n) is 9.87. The van der Waals surface area contributed by atoms with Crippen LogP contribution in [-0.4, -0.2) is 48.9 Å². The number of guanidine groups is 1. The Morgan fingerprint density at radius 1 is 1.23 bits per heavy atom. The Bertz CT molecular complexity index is 996. The molecule has 1 amide bonds. The van der Waals surface area contributed by atoms with Crippen molar-refractivity contribution in [2.75, 3.05) is 32.5 Å². The molecule has 0 fully saturated rings. The van der Waals surface area contributed by atoms with E-state index in [1.54, 1.807) is 24.4 Å². The number of hydrogen-bond donors (Lipinski definition) is 4. The number of aromatic nitrogens is 1. The first kappa shape index (κ1) is 21.8. The van der Waals surface area contributed by atoms with E-state index in [9.17, 15) is 4.79 Å². The smallest absolute Gasteiger partial charge is 0.254 e. The fraction of sp³-hybridized carbons (Fsp3) is 0.227. The monoisotopic (exact) mass is 421 g/mol. The lowest BCUT2D eigenvalue weighted by Crippen LogP contribution is -2.44. The van der Waals surface area contributed by atoms with Crippen LogP contribution in [0, 0.1) is 0 Å². The Labute approximate surface area is 181 Å². The zero-order valence-corrected chi connectivity index (χ0v) is 17.8. The van der Waals surface area contributed by atoms with Crippen LogP contribution in [0.3, 0.4) is 0 Å². The third-order valence-corrected chi connectivity index (χ3v) is 4.33. The number of anilines is 1. The van der Waals surface area contributed by atoms with Crippen LogP contribution in [0.25, 0.3) is 0 Å². The van der Waals surface area contributed by atoms with Crippen molar-refractivity contribution in [3.63, 3.8) is 0 Å². The molecule has 9 nitrogen and oxygen atoms in total. The van der Waals surface area contributed by atoms with E-state index in [1.165, 1.54) is 0 Å². The van der Waals surface area contributed by atoms with Crippen molar-refractivity contribution >= 4 is 17.6 Å². The predicted molar refractivity (Wildman–Crippen MR) is 121 cm³/mol. The molecular formula is C22H27N7O2. The summed E-state index contributed by atoms with van der Waals surface area (Å²) in [5.41, 5.74) is 7.11. The molecule has 0 spiro atoms. The summed E-state index contributed by atoms with van der Waals surface area (Å²) in [6.07, 6.45) is 3.38. The second-order valence-electron chi connectivity index (χ2n) is 7.03. The van der Waals surface area contributed by atoms with Gasteiger partial charge in [0.1, 0.15) is 17.1 Å². The molecule has 2 aromatic rings. The number of pyridine rings is 1. The number of para-hydroxylation sites is 1. The van der Waals surface area contributed by atoms with Gasteiger partial charge in [-0.3, -0.25) is 4.79 Å². The molecule has 1 aliphatic rings. The molecule has 0 radical (unpaired) electrons. The summed E-state index contributed by atoms with van der Waals surface area (Å²) in [5.74, 6) is 1.43. The highest BCUT2D eigenvalue weighted by molar-refractivity contribution is 6.01. The van der Waals surface area contributed by atoms with Crippen LogP contribution in [0.5, 0.6) is 11.6 Å². The number of carbonyl (C=O) groups is 1. The zero-order valence-electron chi connectivity index (χ0n) is 17.8. The van der Waals surface area contributed by atoms with Crippen molar-refractivity contribution < 1.29 is 9.53 Å². The summed E-state index contributed by atoms with van der Waals surface area (Å²) in [6, 6.07) is 12.9. The molecule has 0 bridgehead atoms. The van der Waals surface area contributed by atoms with Crippen molar-refractivity contribution in [3.8, 4) is 11.6 Å². The number of rotatable bonds is 8. The summed E-state index contributed by atoms with van der Waals surface area (Å²) in [6.45, 7) is 3.33. The molecule has 0 unspecified atom stereocenters. The van der Waals surface area contributed by atoms with Crippen molar-refractivity contribution in [2.45, 2.75) is 6.92 Å². The molecule has 2 heterocycles. The van der Waals surface area contributed by atoms with Crippen LogP contribution in [0.4, 0.5) is 5.69 Å². The predicted octanol–water partition coefficient (Wildman–Crippen LogP) is 2.00. The molecule has 0 atom stereocenters. The van der Waals surface area contributed by atoms with Crippen molar-refractivity contribution in [1.82, 2.24) is 20.5 Å². The second-order valence-corrected chi connectivity index (χ2v) is 7.03. The number of carbonyl (C=O) groups excluding carboxylic acids is 1. The van der Waals surface area contributed by atoms with Crippen LogP contribution < -0.4 is 26.4 Å². The highest BCUT2D eigenvalue weighted by Crippen LogP contribution is 2.23. The van der Waals surface area contributed by atoms with Gasteiger partial charge in [0.2, 0.25) is 11.8 Å². The van der Waals surface area contributed by atoms with E-state index >= 15 is 0 Å². The number of allylic oxidation sites excluding steroid dienone is 1. The number of aliphatic imine (C=N–C) groups is 1. The fourth-order valence-corrected chi connectivity index (χ4v) is 2.81. The molecule has 9 heteroatoms. The quantitative estimate of drug-likeness (QED) is 0.515. The summed E-state index contributed by atoms with van der Waals surface area (Å²) in [4.78, 5) is 23.0.